The molecule has 4 rings (SSSR count). The van der Waals surface area contributed by atoms with Gasteiger partial charge in [-0.2, -0.15) is 0 Å². The predicted octanol–water partition coefficient (Wildman–Crippen LogP) is 6.16. The van der Waals surface area contributed by atoms with Crippen LogP contribution in [0.5, 0.6) is 0 Å². The molecule has 1 heterocycles. The van der Waals surface area contributed by atoms with Crippen LogP contribution < -0.4 is 5.32 Å². The Morgan fingerprint density at radius 3 is 2.63 bits per heavy atom. The van der Waals surface area contributed by atoms with E-state index < -0.39 is 6.17 Å². The monoisotopic (exact) mass is 436 g/mol. The lowest BCUT2D eigenvalue weighted by molar-refractivity contribution is -0.116. The third kappa shape index (κ3) is 6.03. The zero-order valence-corrected chi connectivity index (χ0v) is 19.1. The molecule has 3 fully saturated rings. The van der Waals surface area contributed by atoms with Crippen molar-refractivity contribution in [2.45, 2.75) is 95.7 Å². The molecule has 1 aromatic heterocycles. The lowest BCUT2D eigenvalue weighted by Gasteiger charge is -2.41. The highest BCUT2D eigenvalue weighted by molar-refractivity contribution is 7.15. The molecule has 6 heteroatoms. The van der Waals surface area contributed by atoms with E-state index in [4.69, 9.17) is 4.74 Å². The number of aromatic nitrogens is 1. The van der Waals surface area contributed by atoms with Gasteiger partial charge in [0, 0.05) is 24.6 Å². The number of nitrogens with zero attached hydrogens (tertiary/aromatic N) is 1. The van der Waals surface area contributed by atoms with Gasteiger partial charge in [-0.3, -0.25) is 4.79 Å². The van der Waals surface area contributed by atoms with Gasteiger partial charge in [-0.15, -0.1) is 11.3 Å². The first-order valence-electron chi connectivity index (χ1n) is 12.0. The van der Waals surface area contributed by atoms with Crippen LogP contribution in [-0.4, -0.2) is 30.3 Å². The van der Waals surface area contributed by atoms with Gasteiger partial charge in [-0.05, 0) is 101 Å². The summed E-state index contributed by atoms with van der Waals surface area (Å²) < 4.78 is 18.8. The van der Waals surface area contributed by atoms with Crippen molar-refractivity contribution in [1.82, 2.24) is 4.98 Å². The molecule has 1 aromatic rings. The number of halogens is 1. The minimum Gasteiger partial charge on any atom is -0.381 e. The molecule has 0 aromatic carbocycles. The van der Waals surface area contributed by atoms with Crippen molar-refractivity contribution < 1.29 is 13.9 Å². The summed E-state index contributed by atoms with van der Waals surface area (Å²) in [7, 11) is 1.85. The van der Waals surface area contributed by atoms with Crippen LogP contribution >= 0.6 is 11.3 Å². The second-order valence-corrected chi connectivity index (χ2v) is 11.0. The number of thiazole rings is 1. The SMILES string of the molecule is COC1CCC2CC(Cc3cnc(NC(=O)CCC4CCC(F)CC4)s3)CCC2C1. The van der Waals surface area contributed by atoms with Gasteiger partial charge in [0.25, 0.3) is 0 Å². The lowest BCUT2D eigenvalue weighted by Crippen LogP contribution is -2.34. The average Bonchev–Trinajstić information content (AvgIpc) is 3.19. The molecule has 30 heavy (non-hydrogen) atoms. The van der Waals surface area contributed by atoms with Crippen molar-refractivity contribution in [2.75, 3.05) is 12.4 Å². The third-order valence-corrected chi connectivity index (χ3v) is 8.79. The fraction of sp³-hybridized carbons (Fsp3) is 0.833. The molecule has 0 saturated heterocycles. The van der Waals surface area contributed by atoms with Crippen LogP contribution in [-0.2, 0) is 16.0 Å². The Kier molecular flexibility index (Phi) is 7.79. The molecular formula is C24H37FN2O2S. The number of carbonyl (C=O) groups is 1. The predicted molar refractivity (Wildman–Crippen MR) is 120 cm³/mol. The van der Waals surface area contributed by atoms with Crippen LogP contribution in [0.1, 0.15) is 81.9 Å². The summed E-state index contributed by atoms with van der Waals surface area (Å²) in [6.07, 6.45) is 15.2. The third-order valence-electron chi connectivity index (χ3n) is 7.85. The van der Waals surface area contributed by atoms with Crippen LogP contribution in [0.2, 0.25) is 0 Å². The summed E-state index contributed by atoms with van der Waals surface area (Å²) in [5, 5.41) is 3.72. The Morgan fingerprint density at radius 1 is 1.10 bits per heavy atom. The van der Waals surface area contributed by atoms with Crippen LogP contribution in [0.25, 0.3) is 0 Å². The summed E-state index contributed by atoms with van der Waals surface area (Å²) in [6.45, 7) is 0. The molecular weight excluding hydrogens is 399 g/mol. The van der Waals surface area contributed by atoms with E-state index in [2.05, 4.69) is 10.3 Å². The largest absolute Gasteiger partial charge is 0.381 e. The maximum absolute atomic E-state index is 13.2. The zero-order chi connectivity index (χ0) is 20.9. The van der Waals surface area contributed by atoms with Crippen molar-refractivity contribution >= 4 is 22.4 Å². The molecule has 0 bridgehead atoms. The molecule has 0 spiro atoms. The molecule has 168 valence electrons. The number of hydrogen-bond donors (Lipinski definition) is 1. The van der Waals surface area contributed by atoms with E-state index in [0.717, 1.165) is 48.6 Å². The fourth-order valence-corrected chi connectivity index (χ4v) is 6.96. The molecule has 4 atom stereocenters. The van der Waals surface area contributed by atoms with Crippen LogP contribution in [0.3, 0.4) is 0 Å². The summed E-state index contributed by atoms with van der Waals surface area (Å²) in [5.41, 5.74) is 0. The second kappa shape index (κ2) is 10.5. The molecule has 4 unspecified atom stereocenters. The minimum atomic E-state index is -0.626. The standard InChI is InChI=1S/C24H37FN2O2S/c1-29-21-10-7-18-12-17(2-6-19(18)14-21)13-22-15-26-24(30-22)27-23(28)11-5-16-3-8-20(25)9-4-16/h15-21H,2-14H2,1H3,(H,26,27,28). The van der Waals surface area contributed by atoms with E-state index in [-0.39, 0.29) is 5.91 Å². The van der Waals surface area contributed by atoms with Gasteiger partial charge in [0.1, 0.15) is 6.17 Å². The zero-order valence-electron chi connectivity index (χ0n) is 18.3. The lowest BCUT2D eigenvalue weighted by atomic mass is 9.66. The number of hydrogen-bond acceptors (Lipinski definition) is 4. The van der Waals surface area contributed by atoms with Gasteiger partial charge in [-0.1, -0.05) is 0 Å². The maximum Gasteiger partial charge on any atom is 0.226 e. The van der Waals surface area contributed by atoms with Crippen molar-refractivity contribution in [2.24, 2.45) is 23.7 Å². The Labute approximate surface area is 184 Å². The number of rotatable bonds is 7. The summed E-state index contributed by atoms with van der Waals surface area (Å²) >= 11 is 1.64. The van der Waals surface area contributed by atoms with Crippen molar-refractivity contribution in [3.8, 4) is 0 Å². The average molecular weight is 437 g/mol. The highest BCUT2D eigenvalue weighted by Gasteiger charge is 2.35. The van der Waals surface area contributed by atoms with Crippen LogP contribution in [0, 0.1) is 23.7 Å². The molecule has 1 N–H and O–H groups in total. The van der Waals surface area contributed by atoms with Gasteiger partial charge in [0.05, 0.1) is 6.10 Å². The number of carbonyl (C=O) groups excluding carboxylic acids is 1. The second-order valence-electron chi connectivity index (χ2n) is 9.91. The number of methoxy groups -OCH3 is 1. The molecule has 0 aliphatic heterocycles. The number of fused-ring (bicyclic) bond motifs is 1. The first kappa shape index (κ1) is 22.2. The maximum atomic E-state index is 13.2. The Hall–Kier alpha value is -1.01. The summed E-state index contributed by atoms with van der Waals surface area (Å²) in [6, 6.07) is 0. The minimum absolute atomic E-state index is 0.0497. The van der Waals surface area contributed by atoms with Crippen molar-refractivity contribution in [3.63, 3.8) is 0 Å². The Morgan fingerprint density at radius 2 is 1.83 bits per heavy atom. The normalized spacial score (nSPS) is 34.3. The Balaban J connectivity index is 1.18. The molecule has 3 saturated carbocycles. The first-order chi connectivity index (χ1) is 14.6. The van der Waals surface area contributed by atoms with E-state index in [1.165, 1.54) is 43.4 Å². The van der Waals surface area contributed by atoms with E-state index in [1.54, 1.807) is 11.3 Å². The molecule has 3 aliphatic carbocycles. The topological polar surface area (TPSA) is 51.2 Å². The number of alkyl halides is 1. The highest BCUT2D eigenvalue weighted by Crippen LogP contribution is 2.44. The van der Waals surface area contributed by atoms with Crippen molar-refractivity contribution in [1.29, 1.82) is 0 Å². The highest BCUT2D eigenvalue weighted by atomic mass is 32.1. The van der Waals surface area contributed by atoms with Gasteiger partial charge < -0.3 is 10.1 Å². The number of nitrogens with one attached hydrogen (secondary N) is 1. The van der Waals surface area contributed by atoms with E-state index in [1.807, 2.05) is 13.3 Å². The molecule has 4 nitrogen and oxygen atoms in total. The summed E-state index contributed by atoms with van der Waals surface area (Å²) in [5.74, 6) is 3.03. The van der Waals surface area contributed by atoms with E-state index >= 15 is 0 Å². The van der Waals surface area contributed by atoms with E-state index in [9.17, 15) is 9.18 Å². The smallest absolute Gasteiger partial charge is 0.226 e. The van der Waals surface area contributed by atoms with E-state index in [0.29, 0.717) is 31.3 Å². The summed E-state index contributed by atoms with van der Waals surface area (Å²) in [4.78, 5) is 18.0. The molecule has 1 amide bonds. The van der Waals surface area contributed by atoms with Gasteiger partial charge in [0.2, 0.25) is 5.91 Å². The van der Waals surface area contributed by atoms with Gasteiger partial charge >= 0.3 is 0 Å². The van der Waals surface area contributed by atoms with Gasteiger partial charge in [0.15, 0.2) is 5.13 Å². The van der Waals surface area contributed by atoms with Crippen LogP contribution in [0.4, 0.5) is 9.52 Å². The fourth-order valence-electron chi connectivity index (χ4n) is 6.01. The molecule has 3 aliphatic rings. The Bertz CT molecular complexity index is 689. The van der Waals surface area contributed by atoms with Crippen molar-refractivity contribution in [3.05, 3.63) is 11.1 Å². The van der Waals surface area contributed by atoms with Gasteiger partial charge in [-0.25, -0.2) is 9.37 Å². The number of anilines is 1. The molecule has 0 radical (unpaired) electrons. The number of ether oxygens (including phenoxy) is 1. The number of amides is 1. The quantitative estimate of drug-likeness (QED) is 0.556. The van der Waals surface area contributed by atoms with Crippen LogP contribution in [0.15, 0.2) is 6.20 Å². The first-order valence-corrected chi connectivity index (χ1v) is 12.8.